The number of allylic oxidation sites excluding steroid dienone is 4. The molecule has 2 N–H and O–H groups in total. The van der Waals surface area contributed by atoms with Gasteiger partial charge in [-0.3, -0.25) is 0 Å². The van der Waals surface area contributed by atoms with Gasteiger partial charge in [-0.15, -0.1) is 0 Å². The number of ether oxygens (including phenoxy) is 1. The second kappa shape index (κ2) is 6.58. The van der Waals surface area contributed by atoms with Crippen LogP contribution in [-0.4, -0.2) is 7.11 Å². The highest BCUT2D eigenvalue weighted by Gasteiger charge is 2.54. The molecule has 0 saturated heterocycles. The minimum Gasteiger partial charge on any atom is -0.497 e. The van der Waals surface area contributed by atoms with Crippen LogP contribution in [-0.2, 0) is 0 Å². The summed E-state index contributed by atoms with van der Waals surface area (Å²) in [6, 6.07) is 13.9. The van der Waals surface area contributed by atoms with E-state index in [1.165, 1.54) is 0 Å². The fourth-order valence-electron chi connectivity index (χ4n) is 4.29. The molecule has 2 aliphatic rings. The summed E-state index contributed by atoms with van der Waals surface area (Å²) in [6.45, 7) is 2.14. The van der Waals surface area contributed by atoms with E-state index in [2.05, 4.69) is 31.2 Å². The van der Waals surface area contributed by atoms with Crippen LogP contribution in [0.4, 0.5) is 0 Å². The summed E-state index contributed by atoms with van der Waals surface area (Å²) in [5, 5.41) is 29.6. The van der Waals surface area contributed by atoms with Crippen LogP contribution in [0.5, 0.6) is 5.75 Å². The first-order valence-corrected chi connectivity index (χ1v) is 8.59. The normalized spacial score (nSPS) is 26.6. The van der Waals surface area contributed by atoms with Crippen molar-refractivity contribution in [2.45, 2.75) is 25.7 Å². The van der Waals surface area contributed by atoms with Crippen LogP contribution in [0.15, 0.2) is 47.2 Å². The number of nitrogens with zero attached hydrogens (tertiary/aromatic N) is 3. The molecule has 0 radical (unpaired) electrons. The Morgan fingerprint density at radius 3 is 2.58 bits per heavy atom. The van der Waals surface area contributed by atoms with Crippen molar-refractivity contribution in [3.05, 3.63) is 52.7 Å². The van der Waals surface area contributed by atoms with Crippen LogP contribution in [0.3, 0.4) is 0 Å². The average Bonchev–Trinajstić information content (AvgIpc) is 2.67. The Labute approximate surface area is 153 Å². The Balaban J connectivity index is 2.32. The summed E-state index contributed by atoms with van der Waals surface area (Å²) in [7, 11) is 1.58. The van der Waals surface area contributed by atoms with Crippen LogP contribution in [0, 0.1) is 51.2 Å². The van der Waals surface area contributed by atoms with E-state index in [0.717, 1.165) is 24.0 Å². The standard InChI is InChI=1S/C21H20N4O/c1-13-6-7-16-17(8-13)19(14-4-3-5-15(9-14)26-2)21(11-23,12-24)20(25)18(16)10-22/h3-5,7,9,13,17,19H,6,8,25H2,1-2H3/t13-,17-,19+/m0/s1. The quantitative estimate of drug-likeness (QED) is 0.883. The van der Waals surface area contributed by atoms with E-state index in [-0.39, 0.29) is 11.6 Å². The lowest BCUT2D eigenvalue weighted by atomic mass is 9.56. The molecule has 0 spiro atoms. The third-order valence-corrected chi connectivity index (χ3v) is 5.57. The Morgan fingerprint density at radius 1 is 1.23 bits per heavy atom. The number of rotatable bonds is 2. The van der Waals surface area contributed by atoms with Crippen molar-refractivity contribution < 1.29 is 4.74 Å². The molecule has 0 heterocycles. The Hall–Kier alpha value is -3.23. The Kier molecular flexibility index (Phi) is 4.45. The maximum absolute atomic E-state index is 9.99. The molecule has 0 saturated carbocycles. The van der Waals surface area contributed by atoms with Crippen molar-refractivity contribution in [3.63, 3.8) is 0 Å². The first-order valence-electron chi connectivity index (χ1n) is 8.59. The van der Waals surface area contributed by atoms with Gasteiger partial charge in [-0.1, -0.05) is 25.1 Å². The van der Waals surface area contributed by atoms with Gasteiger partial charge in [-0.05, 0) is 47.9 Å². The highest BCUT2D eigenvalue weighted by molar-refractivity contribution is 5.59. The van der Waals surface area contributed by atoms with Crippen molar-refractivity contribution in [2.75, 3.05) is 7.11 Å². The van der Waals surface area contributed by atoms with Gasteiger partial charge >= 0.3 is 0 Å². The van der Waals surface area contributed by atoms with Crippen molar-refractivity contribution in [1.29, 1.82) is 15.8 Å². The molecular weight excluding hydrogens is 324 g/mol. The lowest BCUT2D eigenvalue weighted by Crippen LogP contribution is -2.43. The summed E-state index contributed by atoms with van der Waals surface area (Å²) in [5.41, 5.74) is 6.76. The molecule has 5 nitrogen and oxygen atoms in total. The molecule has 0 unspecified atom stereocenters. The summed E-state index contributed by atoms with van der Waals surface area (Å²) in [5.74, 6) is 0.521. The van der Waals surface area contributed by atoms with Crippen LogP contribution >= 0.6 is 0 Å². The van der Waals surface area contributed by atoms with Gasteiger partial charge in [0, 0.05) is 5.92 Å². The van der Waals surface area contributed by atoms with Gasteiger partial charge < -0.3 is 10.5 Å². The largest absolute Gasteiger partial charge is 0.497 e. The molecule has 1 aromatic carbocycles. The maximum atomic E-state index is 9.99. The number of nitrogens with two attached hydrogens (primary N) is 1. The molecule has 5 heteroatoms. The molecule has 1 aromatic rings. The SMILES string of the molecule is COc1cccc([C@@H]2[C@H]3C[C@@H](C)CC=C3C(C#N)=C(N)C2(C#N)C#N)c1. The molecule has 0 amide bonds. The highest BCUT2D eigenvalue weighted by Crippen LogP contribution is 2.56. The number of methoxy groups -OCH3 is 1. The van der Waals surface area contributed by atoms with E-state index in [9.17, 15) is 15.8 Å². The number of fused-ring (bicyclic) bond motifs is 1. The van der Waals surface area contributed by atoms with Gasteiger partial charge in [0.25, 0.3) is 0 Å². The van der Waals surface area contributed by atoms with Gasteiger partial charge in [-0.25, -0.2) is 0 Å². The summed E-state index contributed by atoms with van der Waals surface area (Å²) >= 11 is 0. The molecule has 0 fully saturated rings. The van der Waals surface area contributed by atoms with Gasteiger partial charge in [0.2, 0.25) is 0 Å². The maximum Gasteiger partial charge on any atom is 0.191 e. The molecule has 0 aromatic heterocycles. The Morgan fingerprint density at radius 2 is 1.96 bits per heavy atom. The second-order valence-corrected chi connectivity index (χ2v) is 7.03. The first-order chi connectivity index (χ1) is 12.5. The Bertz CT molecular complexity index is 909. The minimum atomic E-state index is -1.57. The molecule has 0 aliphatic heterocycles. The van der Waals surface area contributed by atoms with Crippen LogP contribution in [0.1, 0.15) is 31.2 Å². The summed E-state index contributed by atoms with van der Waals surface area (Å²) in [4.78, 5) is 0. The molecular formula is C21H20N4O. The van der Waals surface area contributed by atoms with Crippen molar-refractivity contribution in [1.82, 2.24) is 0 Å². The smallest absolute Gasteiger partial charge is 0.191 e. The fraction of sp³-hybridized carbons (Fsp3) is 0.381. The number of benzene rings is 1. The van der Waals surface area contributed by atoms with Gasteiger partial charge in [-0.2, -0.15) is 15.8 Å². The predicted octanol–water partition coefficient (Wildman–Crippen LogP) is 3.53. The first kappa shape index (κ1) is 17.6. The summed E-state index contributed by atoms with van der Waals surface area (Å²) < 4.78 is 5.33. The molecule has 130 valence electrons. The third-order valence-electron chi connectivity index (χ3n) is 5.57. The predicted molar refractivity (Wildman–Crippen MR) is 96.2 cm³/mol. The van der Waals surface area contributed by atoms with Crippen molar-refractivity contribution >= 4 is 0 Å². The molecule has 0 bridgehead atoms. The van der Waals surface area contributed by atoms with E-state index in [1.807, 2.05) is 24.3 Å². The van der Waals surface area contributed by atoms with E-state index in [4.69, 9.17) is 10.5 Å². The molecule has 26 heavy (non-hydrogen) atoms. The van der Waals surface area contributed by atoms with Gasteiger partial charge in [0.15, 0.2) is 5.41 Å². The van der Waals surface area contributed by atoms with Gasteiger partial charge in [0.1, 0.15) is 11.8 Å². The van der Waals surface area contributed by atoms with Crippen molar-refractivity contribution in [3.8, 4) is 24.0 Å². The topological polar surface area (TPSA) is 107 Å². The van der Waals surface area contributed by atoms with E-state index >= 15 is 0 Å². The average molecular weight is 344 g/mol. The van der Waals surface area contributed by atoms with E-state index in [0.29, 0.717) is 17.2 Å². The van der Waals surface area contributed by atoms with Crippen LogP contribution < -0.4 is 10.5 Å². The second-order valence-electron chi connectivity index (χ2n) is 7.03. The molecule has 3 rings (SSSR count). The van der Waals surface area contributed by atoms with Crippen LogP contribution in [0.2, 0.25) is 0 Å². The number of hydrogen-bond acceptors (Lipinski definition) is 5. The van der Waals surface area contributed by atoms with Crippen LogP contribution in [0.25, 0.3) is 0 Å². The summed E-state index contributed by atoms with van der Waals surface area (Å²) in [6.07, 6.45) is 3.72. The zero-order chi connectivity index (χ0) is 18.9. The lowest BCUT2D eigenvalue weighted by Gasteiger charge is -2.44. The highest BCUT2D eigenvalue weighted by atomic mass is 16.5. The monoisotopic (exact) mass is 344 g/mol. The molecule has 3 atom stereocenters. The zero-order valence-electron chi connectivity index (χ0n) is 14.9. The van der Waals surface area contributed by atoms with Crippen molar-refractivity contribution in [2.24, 2.45) is 23.0 Å². The third kappa shape index (κ3) is 2.43. The number of nitriles is 3. The van der Waals surface area contributed by atoms with E-state index in [1.54, 1.807) is 7.11 Å². The van der Waals surface area contributed by atoms with E-state index < -0.39 is 11.3 Å². The number of hydrogen-bond donors (Lipinski definition) is 1. The zero-order valence-corrected chi connectivity index (χ0v) is 14.9. The van der Waals surface area contributed by atoms with Gasteiger partial charge in [0.05, 0.1) is 30.5 Å². The fourth-order valence-corrected chi connectivity index (χ4v) is 4.29. The minimum absolute atomic E-state index is 0.0647. The molecule has 2 aliphatic carbocycles. The lowest BCUT2D eigenvalue weighted by molar-refractivity contribution is 0.283.